The minimum absolute atomic E-state index is 0.198. The second kappa shape index (κ2) is 8.78. The molecule has 0 saturated heterocycles. The van der Waals surface area contributed by atoms with Crippen LogP contribution in [0.3, 0.4) is 0 Å². The lowest BCUT2D eigenvalue weighted by Crippen LogP contribution is -2.20. The zero-order chi connectivity index (χ0) is 20.2. The number of thioether (sulfide) groups is 1. The predicted octanol–water partition coefficient (Wildman–Crippen LogP) is 6.35. The fourth-order valence-electron chi connectivity index (χ4n) is 2.88. The first-order chi connectivity index (χ1) is 14.1. The molecule has 0 N–H and O–H groups in total. The van der Waals surface area contributed by atoms with Gasteiger partial charge in [0.1, 0.15) is 5.57 Å². The summed E-state index contributed by atoms with van der Waals surface area (Å²) in [7, 11) is 1.87. The van der Waals surface area contributed by atoms with Crippen molar-refractivity contribution in [3.05, 3.63) is 104 Å². The molecule has 0 unspecified atom stereocenters. The van der Waals surface area contributed by atoms with Gasteiger partial charge in [-0.2, -0.15) is 0 Å². The summed E-state index contributed by atoms with van der Waals surface area (Å²) in [6.07, 6.45) is 7.76. The molecular weight excluding hydrogens is 418 g/mol. The van der Waals surface area contributed by atoms with Crippen LogP contribution in [0.15, 0.2) is 93.1 Å². The summed E-state index contributed by atoms with van der Waals surface area (Å²) in [5.74, 6) is -0.489. The molecule has 29 heavy (non-hydrogen) atoms. The number of hydrogen-bond donors (Lipinski definition) is 0. The van der Waals surface area contributed by atoms with Crippen LogP contribution in [0.1, 0.15) is 24.9 Å². The van der Waals surface area contributed by atoms with Crippen molar-refractivity contribution in [3.8, 4) is 0 Å². The van der Waals surface area contributed by atoms with Crippen molar-refractivity contribution in [1.29, 1.82) is 0 Å². The normalized spacial score (nSPS) is 13.4. The Balaban J connectivity index is 1.92. The third kappa shape index (κ3) is 4.19. The van der Waals surface area contributed by atoms with Gasteiger partial charge < -0.3 is 4.90 Å². The van der Waals surface area contributed by atoms with E-state index in [0.717, 1.165) is 10.5 Å². The third-order valence-electron chi connectivity index (χ3n) is 4.30. The van der Waals surface area contributed by atoms with Gasteiger partial charge in [-0.1, -0.05) is 54.2 Å². The Morgan fingerprint density at radius 1 is 0.828 bits per heavy atom. The van der Waals surface area contributed by atoms with E-state index in [1.54, 1.807) is 12.1 Å². The van der Waals surface area contributed by atoms with E-state index in [-0.39, 0.29) is 17.1 Å². The number of rotatable bonds is 4. The lowest BCUT2D eigenvalue weighted by Gasteiger charge is -2.21. The molecule has 0 spiro atoms. The minimum atomic E-state index is -0.245. The van der Waals surface area contributed by atoms with Crippen molar-refractivity contribution in [2.75, 3.05) is 7.05 Å². The van der Waals surface area contributed by atoms with Gasteiger partial charge >= 0.3 is 0 Å². The number of fused-ring (bicyclic) bond motifs is 1. The van der Waals surface area contributed by atoms with Gasteiger partial charge in [0.05, 0.1) is 14.8 Å². The number of nitrogens with zero attached hydrogens (tertiary/aromatic N) is 1. The summed E-state index contributed by atoms with van der Waals surface area (Å²) in [6.45, 7) is 0. The number of carbonyl (C=O) groups excluding carboxylic acids is 2. The second-order valence-electron chi connectivity index (χ2n) is 6.24. The van der Waals surface area contributed by atoms with Gasteiger partial charge in [-0.05, 0) is 40.6 Å². The van der Waals surface area contributed by atoms with Crippen molar-refractivity contribution in [2.45, 2.75) is 4.90 Å². The molecule has 3 nitrogen and oxygen atoms in total. The smallest absolute Gasteiger partial charge is 0.209 e. The van der Waals surface area contributed by atoms with Gasteiger partial charge in [0.25, 0.3) is 0 Å². The number of ketones is 2. The van der Waals surface area contributed by atoms with Crippen LogP contribution in [0.2, 0.25) is 0 Å². The maximum Gasteiger partial charge on any atom is 0.209 e. The van der Waals surface area contributed by atoms with Crippen molar-refractivity contribution >= 4 is 52.1 Å². The van der Waals surface area contributed by atoms with Crippen molar-refractivity contribution in [1.82, 2.24) is 4.90 Å². The first-order valence-corrected chi connectivity index (χ1v) is 11.5. The summed E-state index contributed by atoms with van der Waals surface area (Å²) >= 11 is 4.14. The molecule has 6 heteroatoms. The van der Waals surface area contributed by atoms with E-state index in [1.165, 1.54) is 34.4 Å². The van der Waals surface area contributed by atoms with Crippen LogP contribution >= 0.6 is 34.4 Å². The molecule has 0 bridgehead atoms. The quantitative estimate of drug-likeness (QED) is 0.207. The van der Waals surface area contributed by atoms with Crippen LogP contribution in [0.5, 0.6) is 0 Å². The number of thiophene rings is 2. The zero-order valence-corrected chi connectivity index (χ0v) is 18.0. The largest absolute Gasteiger partial charge is 0.345 e. The molecule has 3 heterocycles. The summed E-state index contributed by atoms with van der Waals surface area (Å²) in [5.41, 5.74) is 1.24. The van der Waals surface area contributed by atoms with Crippen LogP contribution in [-0.2, 0) is 0 Å². The predicted molar refractivity (Wildman–Crippen MR) is 123 cm³/mol. The number of Topliss-reactive ketones (excluding diaryl/α,β-unsaturated/α-hetero) is 2. The lowest BCUT2D eigenvalue weighted by atomic mass is 10.0. The standard InChI is InChI=1S/C23H17NO2S3/c1-24-13-5-4-9-16-8-2-3-10-17(16)29-23(24)20(21(25)18-11-6-14-27-18)22(26)19-12-7-15-28-19/h2-15H,1H3. The molecule has 1 aromatic carbocycles. The van der Waals surface area contributed by atoms with Crippen LogP contribution in [0.4, 0.5) is 0 Å². The SMILES string of the molecule is CN1C=CC=Cc2ccccc2SC1=C(C(=O)c1cccs1)C(=O)c1cccs1. The number of benzene rings is 1. The van der Waals surface area contributed by atoms with Gasteiger partial charge in [0.2, 0.25) is 11.6 Å². The van der Waals surface area contributed by atoms with E-state index < -0.39 is 0 Å². The van der Waals surface area contributed by atoms with E-state index >= 15 is 0 Å². The first kappa shape index (κ1) is 19.6. The lowest BCUT2D eigenvalue weighted by molar-refractivity contribution is 0.0963. The van der Waals surface area contributed by atoms with Gasteiger partial charge in [-0.15, -0.1) is 22.7 Å². The van der Waals surface area contributed by atoms with E-state index in [1.807, 2.05) is 83.5 Å². The molecule has 1 aliphatic heterocycles. The Morgan fingerprint density at radius 3 is 2.10 bits per heavy atom. The van der Waals surface area contributed by atoms with E-state index in [2.05, 4.69) is 0 Å². The molecule has 2 aromatic heterocycles. The third-order valence-corrected chi connectivity index (χ3v) is 7.31. The van der Waals surface area contributed by atoms with Gasteiger partial charge in [0.15, 0.2) is 0 Å². The maximum atomic E-state index is 13.4. The monoisotopic (exact) mass is 435 g/mol. The average Bonchev–Trinajstić information content (AvgIpc) is 3.45. The highest BCUT2D eigenvalue weighted by atomic mass is 32.2. The van der Waals surface area contributed by atoms with Crippen molar-refractivity contribution < 1.29 is 9.59 Å². The van der Waals surface area contributed by atoms with Gasteiger partial charge in [-0.3, -0.25) is 9.59 Å². The van der Waals surface area contributed by atoms with Crippen LogP contribution in [0.25, 0.3) is 6.08 Å². The number of hydrogen-bond acceptors (Lipinski definition) is 6. The summed E-state index contributed by atoms with van der Waals surface area (Å²) in [5, 5.41) is 4.32. The van der Waals surface area contributed by atoms with Crippen molar-refractivity contribution in [2.24, 2.45) is 0 Å². The average molecular weight is 436 g/mol. The maximum absolute atomic E-state index is 13.4. The molecule has 0 radical (unpaired) electrons. The summed E-state index contributed by atoms with van der Waals surface area (Å²) in [6, 6.07) is 15.2. The molecule has 144 valence electrons. The zero-order valence-electron chi connectivity index (χ0n) is 15.6. The Bertz CT molecular complexity index is 1070. The highest BCUT2D eigenvalue weighted by Gasteiger charge is 2.29. The highest BCUT2D eigenvalue weighted by molar-refractivity contribution is 8.03. The first-order valence-electron chi connectivity index (χ1n) is 8.90. The highest BCUT2D eigenvalue weighted by Crippen LogP contribution is 2.37. The molecule has 3 aromatic rings. The van der Waals surface area contributed by atoms with E-state index in [4.69, 9.17) is 0 Å². The Kier molecular flexibility index (Phi) is 5.94. The van der Waals surface area contributed by atoms with Gasteiger partial charge in [0, 0.05) is 18.1 Å². The molecule has 0 amide bonds. The summed E-state index contributed by atoms with van der Waals surface area (Å²) < 4.78 is 0. The fourth-order valence-corrected chi connectivity index (χ4v) is 5.32. The topological polar surface area (TPSA) is 37.4 Å². The molecular formula is C23H17NO2S3. The Hall–Kier alpha value is -2.67. The molecule has 4 rings (SSSR count). The molecule has 0 aliphatic carbocycles. The molecule has 0 atom stereocenters. The van der Waals surface area contributed by atoms with Gasteiger partial charge in [-0.25, -0.2) is 0 Å². The van der Waals surface area contributed by atoms with E-state index in [9.17, 15) is 9.59 Å². The van der Waals surface area contributed by atoms with Crippen LogP contribution in [-0.4, -0.2) is 23.5 Å². The number of carbonyl (C=O) groups is 2. The minimum Gasteiger partial charge on any atom is -0.345 e. The fraction of sp³-hybridized carbons (Fsp3) is 0.0435. The Morgan fingerprint density at radius 2 is 1.48 bits per heavy atom. The molecule has 0 fully saturated rings. The molecule has 0 saturated carbocycles. The summed E-state index contributed by atoms with van der Waals surface area (Å²) in [4.78, 5) is 30.8. The molecule has 1 aliphatic rings. The van der Waals surface area contributed by atoms with Crippen LogP contribution < -0.4 is 0 Å². The van der Waals surface area contributed by atoms with E-state index in [0.29, 0.717) is 14.8 Å². The second-order valence-corrected chi connectivity index (χ2v) is 9.17. The number of allylic oxidation sites excluding steroid dienone is 3. The van der Waals surface area contributed by atoms with Crippen molar-refractivity contribution in [3.63, 3.8) is 0 Å². The Labute approximate surface area is 181 Å². The van der Waals surface area contributed by atoms with Crippen LogP contribution in [0, 0.1) is 0 Å².